The van der Waals surface area contributed by atoms with Crippen molar-refractivity contribution in [3.8, 4) is 0 Å². The second-order valence-electron chi connectivity index (χ2n) is 6.53. The molecule has 0 radical (unpaired) electrons. The highest BCUT2D eigenvalue weighted by atomic mass is 79.9. The zero-order valence-corrected chi connectivity index (χ0v) is 17.1. The molecule has 23 heavy (non-hydrogen) atoms. The Morgan fingerprint density at radius 2 is 2.04 bits per heavy atom. The molecule has 2 heterocycles. The Hall–Kier alpha value is -0.560. The van der Waals surface area contributed by atoms with Crippen molar-refractivity contribution in [1.82, 2.24) is 9.88 Å². The van der Waals surface area contributed by atoms with E-state index in [2.05, 4.69) is 34.8 Å². The number of halogens is 3. The molecule has 0 bridgehead atoms. The van der Waals surface area contributed by atoms with Crippen LogP contribution in [0.3, 0.4) is 0 Å². The molecule has 1 aliphatic rings. The summed E-state index contributed by atoms with van der Waals surface area (Å²) in [7, 11) is 3.78. The van der Waals surface area contributed by atoms with Gasteiger partial charge < -0.3 is 15.5 Å². The third-order valence-electron chi connectivity index (χ3n) is 4.09. The van der Waals surface area contributed by atoms with E-state index in [0.29, 0.717) is 24.5 Å². The Morgan fingerprint density at radius 1 is 1.43 bits per heavy atom. The number of carbonyl (C=O) groups excluding carboxylic acids is 1. The van der Waals surface area contributed by atoms with Crippen LogP contribution in [-0.4, -0.2) is 49.0 Å². The van der Waals surface area contributed by atoms with E-state index in [1.165, 1.54) is 0 Å². The zero-order chi connectivity index (χ0) is 15.8. The fourth-order valence-corrected chi connectivity index (χ4v) is 2.99. The molecule has 8 heteroatoms. The summed E-state index contributed by atoms with van der Waals surface area (Å²) in [5, 5.41) is 0. The number of nitrogens with two attached hydrogens (primary N) is 1. The van der Waals surface area contributed by atoms with Gasteiger partial charge in [0.15, 0.2) is 0 Å². The van der Waals surface area contributed by atoms with Crippen molar-refractivity contribution in [2.75, 3.05) is 32.1 Å². The van der Waals surface area contributed by atoms with E-state index in [-0.39, 0.29) is 42.2 Å². The van der Waals surface area contributed by atoms with Crippen LogP contribution in [0.2, 0.25) is 0 Å². The van der Waals surface area contributed by atoms with E-state index in [1.807, 2.05) is 30.0 Å². The summed E-state index contributed by atoms with van der Waals surface area (Å²) in [6, 6.07) is 1.97. The summed E-state index contributed by atoms with van der Waals surface area (Å²) in [4.78, 5) is 21.0. The zero-order valence-electron chi connectivity index (χ0n) is 13.9. The molecular weight excluding hydrogens is 403 g/mol. The quantitative estimate of drug-likeness (QED) is 0.787. The van der Waals surface area contributed by atoms with Gasteiger partial charge in [-0.05, 0) is 33.8 Å². The third kappa shape index (κ3) is 4.95. The number of pyridine rings is 1. The standard InChI is InChI=1S/C15H23BrN4O.2ClH/c1-15(2)9-20(6-5-12(15)17)14(21)11-7-10(16)8-18-13(11)19(3)4;;/h7-8,12H,5-6,9,17H2,1-4H3;2*1H. The lowest BCUT2D eigenvalue weighted by Gasteiger charge is -2.42. The Kier molecular flexibility index (Phi) is 8.30. The molecule has 0 aliphatic carbocycles. The first kappa shape index (κ1) is 22.4. The van der Waals surface area contributed by atoms with Gasteiger partial charge in [-0.1, -0.05) is 13.8 Å². The molecule has 1 aromatic heterocycles. The lowest BCUT2D eigenvalue weighted by atomic mass is 9.79. The molecular formula is C15H25BrCl2N4O. The van der Waals surface area contributed by atoms with Crippen molar-refractivity contribution in [2.24, 2.45) is 11.1 Å². The second kappa shape index (κ2) is 8.51. The van der Waals surface area contributed by atoms with Gasteiger partial charge >= 0.3 is 0 Å². The van der Waals surface area contributed by atoms with E-state index >= 15 is 0 Å². The van der Waals surface area contributed by atoms with Crippen LogP contribution in [0.15, 0.2) is 16.7 Å². The highest BCUT2D eigenvalue weighted by Gasteiger charge is 2.36. The lowest BCUT2D eigenvalue weighted by molar-refractivity contribution is 0.0533. The van der Waals surface area contributed by atoms with Gasteiger partial charge in [-0.3, -0.25) is 4.79 Å². The van der Waals surface area contributed by atoms with Crippen LogP contribution in [0.5, 0.6) is 0 Å². The summed E-state index contributed by atoms with van der Waals surface area (Å²) >= 11 is 3.40. The molecule has 0 spiro atoms. The van der Waals surface area contributed by atoms with Gasteiger partial charge in [0.2, 0.25) is 0 Å². The van der Waals surface area contributed by atoms with Crippen molar-refractivity contribution in [2.45, 2.75) is 26.3 Å². The Balaban J connectivity index is 0.00000242. The normalized spacial score (nSPS) is 19.4. The van der Waals surface area contributed by atoms with E-state index < -0.39 is 0 Å². The first-order valence-electron chi connectivity index (χ1n) is 7.10. The molecule has 2 N–H and O–H groups in total. The first-order valence-corrected chi connectivity index (χ1v) is 7.89. The van der Waals surface area contributed by atoms with E-state index in [1.54, 1.807) is 6.20 Å². The van der Waals surface area contributed by atoms with Crippen LogP contribution < -0.4 is 10.6 Å². The molecule has 132 valence electrons. The summed E-state index contributed by atoms with van der Waals surface area (Å²) < 4.78 is 0.810. The van der Waals surface area contributed by atoms with Crippen LogP contribution in [0.1, 0.15) is 30.6 Å². The van der Waals surface area contributed by atoms with Gasteiger partial charge in [-0.15, -0.1) is 24.8 Å². The maximum atomic E-state index is 12.9. The third-order valence-corrected chi connectivity index (χ3v) is 4.52. The number of hydrogen-bond acceptors (Lipinski definition) is 4. The van der Waals surface area contributed by atoms with Crippen molar-refractivity contribution in [3.63, 3.8) is 0 Å². The van der Waals surface area contributed by atoms with Crippen LogP contribution in [0.4, 0.5) is 5.82 Å². The minimum absolute atomic E-state index is 0. The van der Waals surface area contributed by atoms with Crippen LogP contribution >= 0.6 is 40.7 Å². The number of aromatic nitrogens is 1. The number of hydrogen-bond donors (Lipinski definition) is 1. The van der Waals surface area contributed by atoms with Gasteiger partial charge in [-0.25, -0.2) is 4.98 Å². The predicted molar refractivity (Wildman–Crippen MR) is 103 cm³/mol. The lowest BCUT2D eigenvalue weighted by Crippen LogP contribution is -2.54. The molecule has 1 unspecified atom stereocenters. The fourth-order valence-electron chi connectivity index (χ4n) is 2.66. The number of carbonyl (C=O) groups is 1. The molecule has 2 rings (SSSR count). The summed E-state index contributed by atoms with van der Waals surface area (Å²) in [6.07, 6.45) is 2.54. The second-order valence-corrected chi connectivity index (χ2v) is 7.45. The highest BCUT2D eigenvalue weighted by molar-refractivity contribution is 9.10. The van der Waals surface area contributed by atoms with Crippen molar-refractivity contribution < 1.29 is 4.79 Å². The largest absolute Gasteiger partial charge is 0.362 e. The molecule has 1 atom stereocenters. The number of amides is 1. The monoisotopic (exact) mass is 426 g/mol. The average molecular weight is 428 g/mol. The summed E-state index contributed by atoms with van der Waals surface area (Å²) in [6.45, 7) is 5.60. The molecule has 1 saturated heterocycles. The van der Waals surface area contributed by atoms with Gasteiger partial charge in [0.1, 0.15) is 5.82 Å². The van der Waals surface area contributed by atoms with E-state index in [4.69, 9.17) is 5.73 Å². The van der Waals surface area contributed by atoms with Gasteiger partial charge in [0, 0.05) is 43.9 Å². The van der Waals surface area contributed by atoms with Crippen LogP contribution in [-0.2, 0) is 0 Å². The van der Waals surface area contributed by atoms with Crippen LogP contribution in [0, 0.1) is 5.41 Å². The smallest absolute Gasteiger partial charge is 0.257 e. The molecule has 0 aromatic carbocycles. The molecule has 5 nitrogen and oxygen atoms in total. The number of likely N-dealkylation sites (tertiary alicyclic amines) is 1. The topological polar surface area (TPSA) is 62.5 Å². The SMILES string of the molecule is CN(C)c1ncc(Br)cc1C(=O)N1CCC(N)C(C)(C)C1.Cl.Cl. The predicted octanol–water partition coefficient (Wildman–Crippen LogP) is 2.95. The van der Waals surface area contributed by atoms with Crippen molar-refractivity contribution >= 4 is 52.5 Å². The maximum Gasteiger partial charge on any atom is 0.257 e. The Morgan fingerprint density at radius 3 is 2.57 bits per heavy atom. The van der Waals surface area contributed by atoms with Crippen molar-refractivity contribution in [3.05, 3.63) is 22.3 Å². The summed E-state index contributed by atoms with van der Waals surface area (Å²) in [5.41, 5.74) is 6.71. The number of rotatable bonds is 2. The Labute approximate surface area is 158 Å². The Bertz CT molecular complexity index is 554. The van der Waals surface area contributed by atoms with Gasteiger partial charge in [0.25, 0.3) is 5.91 Å². The molecule has 1 amide bonds. The number of anilines is 1. The molecule has 1 aromatic rings. The molecule has 0 saturated carbocycles. The number of nitrogens with zero attached hydrogens (tertiary/aromatic N) is 3. The van der Waals surface area contributed by atoms with Gasteiger partial charge in [0.05, 0.1) is 5.56 Å². The minimum atomic E-state index is -0.0639. The minimum Gasteiger partial charge on any atom is -0.362 e. The fraction of sp³-hybridized carbons (Fsp3) is 0.600. The van der Waals surface area contributed by atoms with Gasteiger partial charge in [-0.2, -0.15) is 0 Å². The van der Waals surface area contributed by atoms with Crippen LogP contribution in [0.25, 0.3) is 0 Å². The van der Waals surface area contributed by atoms with Crippen molar-refractivity contribution in [1.29, 1.82) is 0 Å². The summed E-state index contributed by atoms with van der Waals surface area (Å²) in [5.74, 6) is 0.711. The average Bonchev–Trinajstić information content (AvgIpc) is 2.40. The highest BCUT2D eigenvalue weighted by Crippen LogP contribution is 2.30. The first-order chi connectivity index (χ1) is 9.72. The maximum absolute atomic E-state index is 12.9. The molecule has 1 aliphatic heterocycles. The molecule has 1 fully saturated rings. The van der Waals surface area contributed by atoms with E-state index in [9.17, 15) is 4.79 Å². The number of piperidine rings is 1. The van der Waals surface area contributed by atoms with E-state index in [0.717, 1.165) is 10.9 Å².